The van der Waals surface area contributed by atoms with Gasteiger partial charge in [0.05, 0.1) is 12.1 Å². The highest BCUT2D eigenvalue weighted by Crippen LogP contribution is 2.27. The molecule has 0 aliphatic rings. The summed E-state index contributed by atoms with van der Waals surface area (Å²) in [6.45, 7) is 0.313. The Balaban J connectivity index is 1.71. The summed E-state index contributed by atoms with van der Waals surface area (Å²) in [5.41, 5.74) is 7.39. The molecule has 3 rings (SSSR count). The number of ether oxygens (including phenoxy) is 1. The lowest BCUT2D eigenvalue weighted by Crippen LogP contribution is -2.22. The fraction of sp³-hybridized carbons (Fsp3) is 0.133. The van der Waals surface area contributed by atoms with E-state index in [4.69, 9.17) is 22.1 Å². The molecule has 0 aliphatic carbocycles. The molecule has 0 spiro atoms. The number of halogens is 1. The summed E-state index contributed by atoms with van der Waals surface area (Å²) in [6.07, 6.45) is 1.88. The summed E-state index contributed by atoms with van der Waals surface area (Å²) >= 11 is 6.07. The summed E-state index contributed by atoms with van der Waals surface area (Å²) in [5.74, 6) is 1.57. The first-order valence-corrected chi connectivity index (χ1v) is 7.24. The molecule has 2 aromatic heterocycles. The standard InChI is InChI=1S/C15H15ClN6O/c1-23-12-6-5-10(8-11(12)16)19-15(17)18-9-14-21-20-13-4-2-3-7-22(13)14/h2-8H,9H2,1H3,(H3,17,18,19). The topological polar surface area (TPSA) is 89.8 Å². The van der Waals surface area contributed by atoms with Crippen molar-refractivity contribution in [2.24, 2.45) is 10.7 Å². The molecular formula is C15H15ClN6O. The van der Waals surface area contributed by atoms with Crippen LogP contribution in [0.1, 0.15) is 5.82 Å². The summed E-state index contributed by atoms with van der Waals surface area (Å²) in [4.78, 5) is 4.27. The van der Waals surface area contributed by atoms with E-state index in [1.807, 2.05) is 28.8 Å². The van der Waals surface area contributed by atoms with Crippen molar-refractivity contribution in [2.75, 3.05) is 12.4 Å². The molecule has 0 radical (unpaired) electrons. The van der Waals surface area contributed by atoms with Crippen LogP contribution in [-0.4, -0.2) is 27.7 Å². The van der Waals surface area contributed by atoms with Crippen molar-refractivity contribution in [2.45, 2.75) is 6.54 Å². The van der Waals surface area contributed by atoms with Crippen molar-refractivity contribution >= 4 is 28.9 Å². The monoisotopic (exact) mass is 330 g/mol. The van der Waals surface area contributed by atoms with Crippen LogP contribution < -0.4 is 15.8 Å². The molecule has 0 unspecified atom stereocenters. The van der Waals surface area contributed by atoms with Crippen LogP contribution in [0.15, 0.2) is 47.6 Å². The molecule has 3 aromatic rings. The molecule has 0 atom stereocenters. The quantitative estimate of drug-likeness (QED) is 0.566. The number of nitrogens with zero attached hydrogens (tertiary/aromatic N) is 4. The maximum Gasteiger partial charge on any atom is 0.193 e. The van der Waals surface area contributed by atoms with Gasteiger partial charge in [0.15, 0.2) is 17.4 Å². The number of hydrogen-bond acceptors (Lipinski definition) is 4. The number of nitrogens with one attached hydrogen (secondary N) is 1. The maximum absolute atomic E-state index is 6.07. The van der Waals surface area contributed by atoms with E-state index in [9.17, 15) is 0 Å². The van der Waals surface area contributed by atoms with E-state index in [0.29, 0.717) is 23.1 Å². The smallest absolute Gasteiger partial charge is 0.193 e. The molecule has 23 heavy (non-hydrogen) atoms. The maximum atomic E-state index is 6.07. The molecule has 0 saturated heterocycles. The van der Waals surface area contributed by atoms with Crippen LogP contribution in [-0.2, 0) is 6.54 Å². The van der Waals surface area contributed by atoms with Gasteiger partial charge < -0.3 is 15.8 Å². The van der Waals surface area contributed by atoms with Gasteiger partial charge in [-0.2, -0.15) is 0 Å². The van der Waals surface area contributed by atoms with Gasteiger partial charge in [0.2, 0.25) is 0 Å². The van der Waals surface area contributed by atoms with Crippen molar-refractivity contribution in [1.82, 2.24) is 14.6 Å². The lowest BCUT2D eigenvalue weighted by molar-refractivity contribution is 0.415. The van der Waals surface area contributed by atoms with Crippen LogP contribution >= 0.6 is 11.6 Å². The van der Waals surface area contributed by atoms with E-state index in [0.717, 1.165) is 11.3 Å². The van der Waals surface area contributed by atoms with E-state index >= 15 is 0 Å². The number of hydrogen-bond donors (Lipinski definition) is 2. The summed E-state index contributed by atoms with van der Waals surface area (Å²) in [7, 11) is 1.56. The molecule has 1 aromatic carbocycles. The van der Waals surface area contributed by atoms with Crippen LogP contribution in [0.2, 0.25) is 5.02 Å². The van der Waals surface area contributed by atoms with Gasteiger partial charge in [0.25, 0.3) is 0 Å². The number of aliphatic imine (C=N–C) groups is 1. The zero-order valence-corrected chi connectivity index (χ0v) is 13.2. The van der Waals surface area contributed by atoms with Crippen molar-refractivity contribution in [1.29, 1.82) is 0 Å². The van der Waals surface area contributed by atoms with Crippen LogP contribution in [0.5, 0.6) is 5.75 Å². The van der Waals surface area contributed by atoms with Crippen LogP contribution in [0, 0.1) is 0 Å². The summed E-state index contributed by atoms with van der Waals surface area (Å²) in [6, 6.07) is 11.0. The zero-order chi connectivity index (χ0) is 16.2. The molecule has 8 heteroatoms. The molecule has 2 heterocycles. The highest BCUT2D eigenvalue weighted by Gasteiger charge is 2.05. The Morgan fingerprint density at radius 1 is 1.35 bits per heavy atom. The van der Waals surface area contributed by atoms with E-state index < -0.39 is 0 Å². The third-order valence-electron chi connectivity index (χ3n) is 3.20. The normalized spacial score (nSPS) is 11.7. The minimum Gasteiger partial charge on any atom is -0.495 e. The Kier molecular flexibility index (Phi) is 4.29. The Morgan fingerprint density at radius 2 is 2.22 bits per heavy atom. The molecule has 118 valence electrons. The van der Waals surface area contributed by atoms with E-state index in [2.05, 4.69) is 20.5 Å². The largest absolute Gasteiger partial charge is 0.495 e. The molecule has 0 aliphatic heterocycles. The average molecular weight is 331 g/mol. The predicted molar refractivity (Wildman–Crippen MR) is 89.9 cm³/mol. The Hall–Kier alpha value is -2.80. The van der Waals surface area contributed by atoms with Gasteiger partial charge in [-0.3, -0.25) is 4.40 Å². The van der Waals surface area contributed by atoms with Gasteiger partial charge in [-0.1, -0.05) is 17.7 Å². The number of guanidine groups is 1. The number of nitrogens with two attached hydrogens (primary N) is 1. The van der Waals surface area contributed by atoms with E-state index in [-0.39, 0.29) is 5.96 Å². The average Bonchev–Trinajstić information content (AvgIpc) is 2.96. The molecule has 0 saturated carbocycles. The number of aromatic nitrogens is 3. The second kappa shape index (κ2) is 6.53. The predicted octanol–water partition coefficient (Wildman–Crippen LogP) is 2.32. The first-order valence-electron chi connectivity index (χ1n) is 6.86. The van der Waals surface area contributed by atoms with Gasteiger partial charge in [0, 0.05) is 11.9 Å². The number of methoxy groups -OCH3 is 1. The third-order valence-corrected chi connectivity index (χ3v) is 3.49. The molecular weight excluding hydrogens is 316 g/mol. The molecule has 0 bridgehead atoms. The highest BCUT2D eigenvalue weighted by molar-refractivity contribution is 6.32. The van der Waals surface area contributed by atoms with Crippen molar-refractivity contribution in [3.8, 4) is 5.75 Å². The van der Waals surface area contributed by atoms with Gasteiger partial charge in [-0.25, -0.2) is 4.99 Å². The van der Waals surface area contributed by atoms with E-state index in [1.54, 1.807) is 25.3 Å². The number of rotatable bonds is 4. The molecule has 3 N–H and O–H groups in total. The second-order valence-electron chi connectivity index (χ2n) is 4.72. The van der Waals surface area contributed by atoms with Crippen LogP contribution in [0.25, 0.3) is 5.65 Å². The van der Waals surface area contributed by atoms with Crippen LogP contribution in [0.4, 0.5) is 5.69 Å². The minimum atomic E-state index is 0.263. The lowest BCUT2D eigenvalue weighted by atomic mass is 10.3. The van der Waals surface area contributed by atoms with E-state index in [1.165, 1.54) is 0 Å². The third kappa shape index (κ3) is 3.35. The molecule has 0 amide bonds. The first-order chi connectivity index (χ1) is 11.2. The van der Waals surface area contributed by atoms with Gasteiger partial charge >= 0.3 is 0 Å². The van der Waals surface area contributed by atoms with Gasteiger partial charge in [0.1, 0.15) is 12.3 Å². The fourth-order valence-electron chi connectivity index (χ4n) is 2.09. The summed E-state index contributed by atoms with van der Waals surface area (Å²) < 4.78 is 6.97. The number of fused-ring (bicyclic) bond motifs is 1. The van der Waals surface area contributed by atoms with Gasteiger partial charge in [-0.05, 0) is 30.3 Å². The molecule has 7 nitrogen and oxygen atoms in total. The summed E-state index contributed by atoms with van der Waals surface area (Å²) in [5, 5.41) is 11.6. The first kappa shape index (κ1) is 15.1. The van der Waals surface area contributed by atoms with Gasteiger partial charge in [-0.15, -0.1) is 10.2 Å². The lowest BCUT2D eigenvalue weighted by Gasteiger charge is -2.08. The van der Waals surface area contributed by atoms with Crippen molar-refractivity contribution < 1.29 is 4.74 Å². The minimum absolute atomic E-state index is 0.263. The molecule has 0 fully saturated rings. The van der Waals surface area contributed by atoms with Crippen LogP contribution in [0.3, 0.4) is 0 Å². The van der Waals surface area contributed by atoms with Crippen molar-refractivity contribution in [3.05, 3.63) is 53.4 Å². The number of pyridine rings is 1. The number of benzene rings is 1. The number of anilines is 1. The SMILES string of the molecule is COc1ccc(NC(N)=NCc2nnc3ccccn23)cc1Cl. The Labute approximate surface area is 137 Å². The Bertz CT molecular complexity index is 860. The fourth-order valence-corrected chi connectivity index (χ4v) is 2.34. The Morgan fingerprint density at radius 3 is 3.00 bits per heavy atom. The second-order valence-corrected chi connectivity index (χ2v) is 5.13. The zero-order valence-electron chi connectivity index (χ0n) is 12.4. The van der Waals surface area contributed by atoms with Crippen molar-refractivity contribution in [3.63, 3.8) is 0 Å². The highest BCUT2D eigenvalue weighted by atomic mass is 35.5.